The number of halogens is 1. The van der Waals surface area contributed by atoms with E-state index in [1.165, 1.54) is 4.90 Å². The minimum absolute atomic E-state index is 0.0968. The molecule has 132 valence electrons. The predicted molar refractivity (Wildman–Crippen MR) is 121 cm³/mol. The van der Waals surface area contributed by atoms with Crippen LogP contribution in [0.15, 0.2) is 0 Å². The number of rotatable bonds is 1. The van der Waals surface area contributed by atoms with Crippen LogP contribution in [0.2, 0.25) is 10.4 Å². The number of imide groups is 1. The second-order valence-electron chi connectivity index (χ2n) is 8.83. The van der Waals surface area contributed by atoms with Crippen molar-refractivity contribution in [1.29, 1.82) is 0 Å². The van der Waals surface area contributed by atoms with Gasteiger partial charge in [0.1, 0.15) is 60.7 Å². The molecular formula is C13H19B7FN3O3. The summed E-state index contributed by atoms with van der Waals surface area (Å²) in [5, 5.41) is 0.623. The topological polar surface area (TPSA) is 92.5 Å². The maximum Gasteiger partial charge on any atom is 0.254 e. The number of fused-ring (bicyclic) bond motifs is 1. The van der Waals surface area contributed by atoms with Crippen LogP contribution in [-0.4, -0.2) is 83.0 Å². The number of nitrogens with zero attached hydrogens (tertiary/aromatic N) is 1. The first-order chi connectivity index (χ1) is 12.2. The van der Waals surface area contributed by atoms with Gasteiger partial charge in [-0.25, -0.2) is 4.39 Å². The molecule has 2 aliphatic rings. The molecule has 3 N–H and O–H groups in total. The van der Waals surface area contributed by atoms with Gasteiger partial charge in [0.15, 0.2) is 0 Å². The molecule has 0 bridgehead atoms. The van der Waals surface area contributed by atoms with E-state index in [9.17, 15) is 18.8 Å². The van der Waals surface area contributed by atoms with Crippen molar-refractivity contribution >= 4 is 89.3 Å². The molecule has 0 radical (unpaired) electrons. The summed E-state index contributed by atoms with van der Waals surface area (Å²) in [5.74, 6) is -1.86. The molecule has 2 aliphatic heterocycles. The molecule has 0 spiro atoms. The van der Waals surface area contributed by atoms with Gasteiger partial charge in [0.25, 0.3) is 5.91 Å². The lowest BCUT2D eigenvalue weighted by Gasteiger charge is -2.59. The SMILES string of the molecule is Bc1c(N)c2c(c(B)c1F)C(=O)N(C1(B)C(=O)NC(=O)C(B)(B)C1(B)B)C2. The van der Waals surface area contributed by atoms with Gasteiger partial charge in [-0.1, -0.05) is 5.21 Å². The predicted octanol–water partition coefficient (Wildman–Crippen LogP) is -8.37. The monoisotopic (exact) mass is 361 g/mol. The van der Waals surface area contributed by atoms with Crippen LogP contribution < -0.4 is 22.0 Å². The van der Waals surface area contributed by atoms with Crippen LogP contribution in [0, 0.1) is 5.82 Å². The number of piperidine rings is 1. The van der Waals surface area contributed by atoms with E-state index in [0.29, 0.717) is 11.0 Å². The quantitative estimate of drug-likeness (QED) is 0.296. The van der Waals surface area contributed by atoms with E-state index >= 15 is 0 Å². The Morgan fingerprint density at radius 3 is 2.11 bits per heavy atom. The molecule has 2 heterocycles. The van der Waals surface area contributed by atoms with Gasteiger partial charge in [-0.05, 0) is 16.1 Å². The molecule has 1 fully saturated rings. The van der Waals surface area contributed by atoms with Crippen molar-refractivity contribution in [2.75, 3.05) is 5.73 Å². The Balaban J connectivity index is 2.22. The first-order valence-corrected chi connectivity index (χ1v) is 8.96. The van der Waals surface area contributed by atoms with Crippen molar-refractivity contribution in [2.24, 2.45) is 0 Å². The van der Waals surface area contributed by atoms with Crippen molar-refractivity contribution in [1.82, 2.24) is 10.2 Å². The van der Waals surface area contributed by atoms with Crippen molar-refractivity contribution in [2.45, 2.75) is 22.4 Å². The molecule has 14 heteroatoms. The summed E-state index contributed by atoms with van der Waals surface area (Å²) in [6, 6.07) is 0. The number of hydrogen-bond acceptors (Lipinski definition) is 4. The fraction of sp³-hybridized carbons (Fsp3) is 0.308. The lowest BCUT2D eigenvalue weighted by atomic mass is 9.21. The zero-order valence-corrected chi connectivity index (χ0v) is 16.8. The van der Waals surface area contributed by atoms with E-state index in [0.717, 1.165) is 0 Å². The first-order valence-electron chi connectivity index (χ1n) is 8.96. The molecule has 3 amide bonds. The molecule has 1 unspecified atom stereocenters. The molecule has 27 heavy (non-hydrogen) atoms. The number of nitrogen functional groups attached to an aromatic ring is 1. The molecule has 0 aliphatic carbocycles. The molecule has 3 rings (SSSR count). The zero-order chi connectivity index (χ0) is 20.7. The summed E-state index contributed by atoms with van der Waals surface area (Å²) in [4.78, 5) is 40.2. The number of anilines is 1. The number of nitrogens with one attached hydrogen (secondary N) is 1. The molecule has 6 nitrogen and oxygen atoms in total. The average Bonchev–Trinajstić information content (AvgIpc) is 2.93. The van der Waals surface area contributed by atoms with Crippen molar-refractivity contribution in [3.05, 3.63) is 16.9 Å². The molecule has 0 aromatic heterocycles. The van der Waals surface area contributed by atoms with E-state index in [4.69, 9.17) is 5.73 Å². The van der Waals surface area contributed by atoms with E-state index in [1.54, 1.807) is 39.2 Å². The molecule has 1 atom stereocenters. The third kappa shape index (κ3) is 2.12. The normalized spacial score (nSPS) is 26.0. The summed E-state index contributed by atoms with van der Waals surface area (Å²) < 4.78 is 14.5. The minimum Gasteiger partial charge on any atom is -0.399 e. The highest BCUT2D eigenvalue weighted by Crippen LogP contribution is 2.55. The van der Waals surface area contributed by atoms with Crippen molar-refractivity contribution in [3.8, 4) is 0 Å². The van der Waals surface area contributed by atoms with Crippen LogP contribution in [-0.2, 0) is 16.1 Å². The van der Waals surface area contributed by atoms with E-state index < -0.39 is 33.5 Å². The number of carbonyl (C=O) groups excluding carboxylic acids is 3. The van der Waals surface area contributed by atoms with Gasteiger partial charge in [-0.2, -0.15) is 0 Å². The highest BCUT2D eigenvalue weighted by atomic mass is 19.1. The van der Waals surface area contributed by atoms with Gasteiger partial charge in [0.05, 0.1) is 5.44 Å². The van der Waals surface area contributed by atoms with E-state index in [1.807, 2.05) is 15.7 Å². The Morgan fingerprint density at radius 2 is 1.56 bits per heavy atom. The van der Waals surface area contributed by atoms with Gasteiger partial charge in [0.2, 0.25) is 11.8 Å². The highest BCUT2D eigenvalue weighted by Gasteiger charge is 2.64. The van der Waals surface area contributed by atoms with Crippen molar-refractivity contribution < 1.29 is 18.8 Å². The van der Waals surface area contributed by atoms with Gasteiger partial charge < -0.3 is 10.6 Å². The summed E-state index contributed by atoms with van der Waals surface area (Å²) in [5.41, 5.74) is 6.31. The number of hydrogen-bond donors (Lipinski definition) is 2. The average molecular weight is 360 g/mol. The first kappa shape index (κ1) is 19.8. The highest BCUT2D eigenvalue weighted by molar-refractivity contribution is 6.66. The largest absolute Gasteiger partial charge is 0.399 e. The summed E-state index contributed by atoms with van der Waals surface area (Å²) in [6.45, 7) is 0.0968. The maximum atomic E-state index is 14.5. The minimum atomic E-state index is -1.32. The zero-order valence-electron chi connectivity index (χ0n) is 16.8. The molecule has 1 aromatic rings. The molecule has 1 aromatic carbocycles. The van der Waals surface area contributed by atoms with E-state index in [-0.39, 0.29) is 29.2 Å². The summed E-state index contributed by atoms with van der Waals surface area (Å²) >= 11 is 0. The maximum absolute atomic E-state index is 14.5. The number of benzene rings is 1. The van der Waals surface area contributed by atoms with Crippen molar-refractivity contribution in [3.63, 3.8) is 0 Å². The number of carbonyl (C=O) groups is 3. The van der Waals surface area contributed by atoms with Gasteiger partial charge in [-0.15, -0.1) is 0 Å². The van der Waals surface area contributed by atoms with Crippen LogP contribution in [0.4, 0.5) is 10.1 Å². The van der Waals surface area contributed by atoms with Crippen LogP contribution in [0.5, 0.6) is 0 Å². The van der Waals surface area contributed by atoms with Crippen LogP contribution in [0.25, 0.3) is 0 Å². The third-order valence-corrected chi connectivity index (χ3v) is 7.40. The number of amides is 3. The van der Waals surface area contributed by atoms with Crippen LogP contribution in [0.1, 0.15) is 15.9 Å². The summed E-state index contributed by atoms with van der Waals surface area (Å²) in [6.07, 6.45) is 0. The molecular weight excluding hydrogens is 341 g/mol. The summed E-state index contributed by atoms with van der Waals surface area (Å²) in [7, 11) is 11.9. The van der Waals surface area contributed by atoms with Crippen LogP contribution >= 0.6 is 0 Å². The fourth-order valence-corrected chi connectivity index (χ4v) is 4.29. The Morgan fingerprint density at radius 1 is 1.00 bits per heavy atom. The third-order valence-electron chi connectivity index (χ3n) is 7.40. The Labute approximate surface area is 163 Å². The van der Waals surface area contributed by atoms with Gasteiger partial charge >= 0.3 is 0 Å². The van der Waals surface area contributed by atoms with Crippen LogP contribution in [0.3, 0.4) is 0 Å². The molecule has 1 saturated heterocycles. The lowest BCUT2D eigenvalue weighted by molar-refractivity contribution is -0.140. The van der Waals surface area contributed by atoms with Gasteiger partial charge in [0, 0.05) is 23.4 Å². The Hall–Kier alpha value is -1.99. The van der Waals surface area contributed by atoms with E-state index in [2.05, 4.69) is 5.32 Å². The second-order valence-corrected chi connectivity index (χ2v) is 8.83. The Bertz CT molecular complexity index is 938. The number of nitrogens with two attached hydrogens (primary N) is 1. The fourth-order valence-electron chi connectivity index (χ4n) is 4.29. The smallest absolute Gasteiger partial charge is 0.254 e. The molecule has 0 saturated carbocycles. The standard InChI is InChI=1S/C13H19B7FN3O3/c14-4-3-2(7(22)5(15)6(4)21)1-24(8(3)25)12(18)10(27)23-9(26)11(16,17)13(12,19)20/h1,14-20,22H2,(H,23,26,27). The second kappa shape index (κ2) is 5.52. The Kier molecular flexibility index (Phi) is 4.04. The lowest BCUT2D eigenvalue weighted by Crippen LogP contribution is -2.75. The van der Waals surface area contributed by atoms with Gasteiger partial charge in [-0.3, -0.25) is 19.7 Å².